The molecule has 0 aliphatic carbocycles. The topological polar surface area (TPSA) is 83.8 Å². The smallest absolute Gasteiger partial charge is 0.395 e. The second-order valence-corrected chi connectivity index (χ2v) is 5.26. The number of halogens is 3. The number of rotatable bonds is 5. The van der Waals surface area contributed by atoms with Crippen molar-refractivity contribution in [3.8, 4) is 0 Å². The van der Waals surface area contributed by atoms with Crippen molar-refractivity contribution in [2.45, 2.75) is 25.3 Å². The van der Waals surface area contributed by atoms with Gasteiger partial charge in [0.1, 0.15) is 0 Å². The molecule has 0 aromatic carbocycles. The van der Waals surface area contributed by atoms with Crippen LogP contribution in [0.2, 0.25) is 0 Å². The number of aromatic nitrogens is 2. The summed E-state index contributed by atoms with van der Waals surface area (Å²) in [6.45, 7) is 3.66. The monoisotopic (exact) mass is 296 g/mol. The predicted molar refractivity (Wildman–Crippen MR) is 67.9 cm³/mol. The number of H-pyrrole nitrogens is 1. The first kappa shape index (κ1) is 15.7. The zero-order valence-corrected chi connectivity index (χ0v) is 11.3. The van der Waals surface area contributed by atoms with Gasteiger partial charge in [0.2, 0.25) is 0 Å². The minimum atomic E-state index is -4.29. The number of carbonyl (C=O) groups is 1. The van der Waals surface area contributed by atoms with E-state index in [-0.39, 0.29) is 41.4 Å². The fourth-order valence-electron chi connectivity index (χ4n) is 1.39. The average molecular weight is 296 g/mol. The third-order valence-corrected chi connectivity index (χ3v) is 3.01. The molecule has 5 nitrogen and oxygen atoms in total. The normalized spacial score (nSPS) is 11.9. The van der Waals surface area contributed by atoms with Gasteiger partial charge in [-0.3, -0.25) is 9.89 Å². The second-order valence-electron chi connectivity index (χ2n) is 4.10. The summed E-state index contributed by atoms with van der Waals surface area (Å²) >= 11 is -0.189. The Hall–Kier alpha value is -1.38. The van der Waals surface area contributed by atoms with E-state index < -0.39 is 11.4 Å². The number of aromatic amines is 1. The van der Waals surface area contributed by atoms with Gasteiger partial charge in [-0.2, -0.15) is 18.3 Å². The molecule has 0 unspecified atom stereocenters. The number of nitrogens with two attached hydrogens (primary N) is 1. The molecule has 0 aliphatic heterocycles. The summed E-state index contributed by atoms with van der Waals surface area (Å²) in [5, 5.41) is 8.76. The Balaban J connectivity index is 2.51. The second kappa shape index (κ2) is 6.18. The highest BCUT2D eigenvalue weighted by atomic mass is 32.2. The van der Waals surface area contributed by atoms with Crippen molar-refractivity contribution >= 4 is 23.4 Å². The van der Waals surface area contributed by atoms with Crippen LogP contribution >= 0.6 is 11.8 Å². The molecule has 19 heavy (non-hydrogen) atoms. The molecule has 0 fully saturated rings. The molecule has 1 amide bonds. The number of amides is 1. The van der Waals surface area contributed by atoms with Gasteiger partial charge in [-0.25, -0.2) is 0 Å². The van der Waals surface area contributed by atoms with E-state index in [2.05, 4.69) is 15.5 Å². The van der Waals surface area contributed by atoms with Crippen molar-refractivity contribution in [2.75, 3.05) is 18.0 Å². The highest BCUT2D eigenvalue weighted by Crippen LogP contribution is 2.29. The van der Waals surface area contributed by atoms with Gasteiger partial charge in [0.05, 0.1) is 11.4 Å². The van der Waals surface area contributed by atoms with Crippen LogP contribution in [0.3, 0.4) is 0 Å². The lowest BCUT2D eigenvalue weighted by molar-refractivity contribution is -0.0327. The maximum absolute atomic E-state index is 11.9. The molecule has 0 saturated heterocycles. The lowest BCUT2D eigenvalue weighted by Gasteiger charge is -2.06. The van der Waals surface area contributed by atoms with Crippen LogP contribution in [0.1, 0.15) is 35.9 Å². The molecule has 1 rings (SSSR count). The minimum Gasteiger partial charge on any atom is -0.395 e. The molecule has 0 bridgehead atoms. The first-order chi connectivity index (χ1) is 8.72. The summed E-state index contributed by atoms with van der Waals surface area (Å²) in [6.07, 6.45) is 0. The van der Waals surface area contributed by atoms with Crippen LogP contribution < -0.4 is 11.1 Å². The molecule has 4 N–H and O–H groups in total. The first-order valence-corrected chi connectivity index (χ1v) is 6.53. The van der Waals surface area contributed by atoms with E-state index in [1.165, 1.54) is 0 Å². The maximum atomic E-state index is 11.9. The van der Waals surface area contributed by atoms with Crippen molar-refractivity contribution in [1.82, 2.24) is 15.5 Å². The summed E-state index contributed by atoms with van der Waals surface area (Å²) in [5.74, 6) is -0.755. The molecule has 1 aromatic heterocycles. The fraction of sp³-hybridized carbons (Fsp3) is 0.600. The maximum Gasteiger partial charge on any atom is 0.441 e. The van der Waals surface area contributed by atoms with E-state index in [0.29, 0.717) is 5.69 Å². The molecular weight excluding hydrogens is 281 g/mol. The number of anilines is 1. The predicted octanol–water partition coefficient (Wildman–Crippen LogP) is 2.10. The molecular formula is C10H15F3N4OS. The molecule has 1 aromatic rings. The Morgan fingerprint density at radius 2 is 2.16 bits per heavy atom. The zero-order chi connectivity index (χ0) is 14.6. The third kappa shape index (κ3) is 4.66. The Morgan fingerprint density at radius 3 is 2.63 bits per heavy atom. The van der Waals surface area contributed by atoms with Gasteiger partial charge in [-0.15, -0.1) is 0 Å². The molecule has 0 radical (unpaired) electrons. The Morgan fingerprint density at radius 1 is 1.53 bits per heavy atom. The number of nitrogens with zero attached hydrogens (tertiary/aromatic N) is 1. The van der Waals surface area contributed by atoms with Crippen LogP contribution in [-0.4, -0.2) is 33.9 Å². The number of hydrogen-bond donors (Lipinski definition) is 3. The number of hydrogen-bond acceptors (Lipinski definition) is 4. The van der Waals surface area contributed by atoms with E-state index in [0.717, 1.165) is 0 Å². The minimum absolute atomic E-state index is 0.0145. The number of thioether (sulfide) groups is 1. The summed E-state index contributed by atoms with van der Waals surface area (Å²) in [5.41, 5.74) is 2.33. The van der Waals surface area contributed by atoms with Crippen LogP contribution in [-0.2, 0) is 0 Å². The SMILES string of the molecule is CC(C)c1[nH]nc(C(=O)NCCSC(F)(F)F)c1N. The van der Waals surface area contributed by atoms with E-state index in [1.54, 1.807) is 0 Å². The average Bonchev–Trinajstić information content (AvgIpc) is 2.65. The van der Waals surface area contributed by atoms with Crippen LogP contribution in [0.15, 0.2) is 0 Å². The molecule has 108 valence electrons. The van der Waals surface area contributed by atoms with Crippen molar-refractivity contribution < 1.29 is 18.0 Å². The largest absolute Gasteiger partial charge is 0.441 e. The van der Waals surface area contributed by atoms with Crippen molar-refractivity contribution in [3.05, 3.63) is 11.4 Å². The molecule has 0 atom stereocenters. The molecule has 9 heteroatoms. The van der Waals surface area contributed by atoms with E-state index in [9.17, 15) is 18.0 Å². The van der Waals surface area contributed by atoms with Crippen LogP contribution in [0, 0.1) is 0 Å². The number of nitrogens with one attached hydrogen (secondary N) is 2. The molecule has 0 saturated carbocycles. The van der Waals surface area contributed by atoms with Crippen molar-refractivity contribution in [3.63, 3.8) is 0 Å². The van der Waals surface area contributed by atoms with Crippen LogP contribution in [0.5, 0.6) is 0 Å². The molecule has 0 spiro atoms. The lowest BCUT2D eigenvalue weighted by Crippen LogP contribution is -2.27. The number of nitrogen functional groups attached to an aromatic ring is 1. The van der Waals surface area contributed by atoms with Crippen LogP contribution in [0.4, 0.5) is 18.9 Å². The zero-order valence-electron chi connectivity index (χ0n) is 10.5. The van der Waals surface area contributed by atoms with Gasteiger partial charge in [-0.05, 0) is 17.7 Å². The van der Waals surface area contributed by atoms with Gasteiger partial charge in [0.25, 0.3) is 5.91 Å². The Kier molecular flexibility index (Phi) is 5.10. The van der Waals surface area contributed by atoms with Gasteiger partial charge in [0, 0.05) is 12.3 Å². The highest BCUT2D eigenvalue weighted by Gasteiger charge is 2.27. The number of carbonyl (C=O) groups excluding carboxylic acids is 1. The van der Waals surface area contributed by atoms with Crippen LogP contribution in [0.25, 0.3) is 0 Å². The van der Waals surface area contributed by atoms with Crippen molar-refractivity contribution in [2.24, 2.45) is 0 Å². The highest BCUT2D eigenvalue weighted by molar-refractivity contribution is 8.00. The van der Waals surface area contributed by atoms with Gasteiger partial charge in [0.15, 0.2) is 5.69 Å². The van der Waals surface area contributed by atoms with E-state index in [4.69, 9.17) is 5.73 Å². The lowest BCUT2D eigenvalue weighted by atomic mass is 10.1. The molecule has 1 heterocycles. The fourth-order valence-corrected chi connectivity index (χ4v) is 1.83. The Bertz CT molecular complexity index is 444. The van der Waals surface area contributed by atoms with Gasteiger partial charge >= 0.3 is 5.51 Å². The van der Waals surface area contributed by atoms with Gasteiger partial charge in [-0.1, -0.05) is 13.8 Å². The Labute approximate surface area is 112 Å². The van der Waals surface area contributed by atoms with E-state index in [1.807, 2.05) is 13.8 Å². The standard InChI is InChI=1S/C10H15F3N4OS/c1-5(2)7-6(14)8(17-16-7)9(18)15-3-4-19-10(11,12)13/h5H,3-4,14H2,1-2H3,(H,15,18)(H,16,17). The molecule has 0 aliphatic rings. The summed E-state index contributed by atoms with van der Waals surface area (Å²) in [4.78, 5) is 11.7. The summed E-state index contributed by atoms with van der Waals surface area (Å²) < 4.78 is 35.6. The first-order valence-electron chi connectivity index (χ1n) is 5.55. The quantitative estimate of drug-likeness (QED) is 0.727. The third-order valence-electron chi connectivity index (χ3n) is 2.28. The summed E-state index contributed by atoms with van der Waals surface area (Å²) in [6, 6.07) is 0. The van der Waals surface area contributed by atoms with E-state index >= 15 is 0 Å². The van der Waals surface area contributed by atoms with Crippen molar-refractivity contribution in [1.29, 1.82) is 0 Å². The number of alkyl halides is 3. The summed E-state index contributed by atoms with van der Waals surface area (Å²) in [7, 11) is 0. The van der Waals surface area contributed by atoms with Gasteiger partial charge < -0.3 is 11.1 Å².